The van der Waals surface area contributed by atoms with Crippen molar-refractivity contribution in [3.63, 3.8) is 0 Å². The van der Waals surface area contributed by atoms with E-state index in [9.17, 15) is 9.59 Å². The van der Waals surface area contributed by atoms with Crippen LogP contribution in [0.4, 0.5) is 0 Å². The van der Waals surface area contributed by atoms with E-state index in [0.29, 0.717) is 18.7 Å². The molecule has 0 aromatic carbocycles. The van der Waals surface area contributed by atoms with Crippen molar-refractivity contribution in [1.29, 1.82) is 0 Å². The first kappa shape index (κ1) is 12.7. The SMILES string of the molecule is CC(C)n1cccc1C(=O)N1CCC[C@H]1C(=O)O. The number of hydrogen-bond acceptors (Lipinski definition) is 2. The summed E-state index contributed by atoms with van der Waals surface area (Å²) < 4.78 is 1.87. The first-order chi connectivity index (χ1) is 8.52. The van der Waals surface area contributed by atoms with E-state index in [1.807, 2.05) is 30.7 Å². The maximum atomic E-state index is 12.4. The molecule has 5 heteroatoms. The van der Waals surface area contributed by atoms with Gasteiger partial charge in [-0.05, 0) is 38.8 Å². The minimum absolute atomic E-state index is 0.182. The fourth-order valence-corrected chi connectivity index (χ4v) is 2.44. The molecule has 1 amide bonds. The van der Waals surface area contributed by atoms with Crippen molar-refractivity contribution in [2.75, 3.05) is 6.54 Å². The van der Waals surface area contributed by atoms with Crippen molar-refractivity contribution < 1.29 is 14.7 Å². The van der Waals surface area contributed by atoms with Gasteiger partial charge in [-0.1, -0.05) is 0 Å². The fourth-order valence-electron chi connectivity index (χ4n) is 2.44. The summed E-state index contributed by atoms with van der Waals surface area (Å²) in [7, 11) is 0. The van der Waals surface area contributed by atoms with Gasteiger partial charge in [0.2, 0.25) is 0 Å². The topological polar surface area (TPSA) is 62.5 Å². The lowest BCUT2D eigenvalue weighted by molar-refractivity contribution is -0.141. The molecule has 5 nitrogen and oxygen atoms in total. The van der Waals surface area contributed by atoms with E-state index in [1.165, 1.54) is 4.90 Å². The van der Waals surface area contributed by atoms with Crippen molar-refractivity contribution in [3.05, 3.63) is 24.0 Å². The lowest BCUT2D eigenvalue weighted by Gasteiger charge is -2.23. The Morgan fingerprint density at radius 3 is 2.78 bits per heavy atom. The first-order valence-electron chi connectivity index (χ1n) is 6.23. The lowest BCUT2D eigenvalue weighted by atomic mass is 10.2. The molecule has 0 bridgehead atoms. The van der Waals surface area contributed by atoms with Gasteiger partial charge < -0.3 is 14.6 Å². The zero-order valence-corrected chi connectivity index (χ0v) is 10.7. The van der Waals surface area contributed by atoms with Crippen molar-refractivity contribution in [2.45, 2.75) is 38.8 Å². The Labute approximate surface area is 106 Å². The standard InChI is InChI=1S/C13H18N2O3/c1-9(2)14-7-3-5-10(14)12(16)15-8-4-6-11(15)13(17)18/h3,5,7,9,11H,4,6,8H2,1-2H3,(H,17,18)/t11-/m0/s1. The zero-order valence-electron chi connectivity index (χ0n) is 10.7. The number of hydrogen-bond donors (Lipinski definition) is 1. The van der Waals surface area contributed by atoms with Gasteiger partial charge in [-0.2, -0.15) is 0 Å². The Bertz CT molecular complexity index is 465. The number of carbonyl (C=O) groups is 2. The van der Waals surface area contributed by atoms with E-state index in [4.69, 9.17) is 5.11 Å². The summed E-state index contributed by atoms with van der Waals surface area (Å²) in [6.45, 7) is 4.52. The summed E-state index contributed by atoms with van der Waals surface area (Å²) in [5.41, 5.74) is 0.568. The second-order valence-electron chi connectivity index (χ2n) is 4.89. The molecule has 2 rings (SSSR count). The van der Waals surface area contributed by atoms with Crippen LogP contribution in [-0.4, -0.2) is 39.0 Å². The number of amides is 1. The van der Waals surface area contributed by atoms with E-state index in [1.54, 1.807) is 6.07 Å². The Hall–Kier alpha value is -1.78. The summed E-state index contributed by atoms with van der Waals surface area (Å²) in [6, 6.07) is 3.08. The zero-order chi connectivity index (χ0) is 13.3. The summed E-state index contributed by atoms with van der Waals surface area (Å²) in [4.78, 5) is 25.0. The molecule has 2 heterocycles. The number of carbonyl (C=O) groups excluding carboxylic acids is 1. The summed E-state index contributed by atoms with van der Waals surface area (Å²) >= 11 is 0. The van der Waals surface area contributed by atoms with Crippen LogP contribution in [0.1, 0.15) is 43.2 Å². The van der Waals surface area contributed by atoms with Crippen LogP contribution < -0.4 is 0 Å². The minimum atomic E-state index is -0.913. The van der Waals surface area contributed by atoms with Crippen molar-refractivity contribution in [3.8, 4) is 0 Å². The Balaban J connectivity index is 2.25. The molecule has 18 heavy (non-hydrogen) atoms. The second kappa shape index (κ2) is 4.84. The maximum Gasteiger partial charge on any atom is 0.326 e. The van der Waals surface area contributed by atoms with Gasteiger partial charge in [0.1, 0.15) is 11.7 Å². The molecule has 0 spiro atoms. The molecule has 1 aliphatic heterocycles. The molecule has 98 valence electrons. The Morgan fingerprint density at radius 1 is 1.44 bits per heavy atom. The van der Waals surface area contributed by atoms with Gasteiger partial charge in [0.05, 0.1) is 0 Å². The molecule has 0 saturated carbocycles. The Morgan fingerprint density at radius 2 is 2.17 bits per heavy atom. The van der Waals surface area contributed by atoms with Gasteiger partial charge in [0.15, 0.2) is 0 Å². The van der Waals surface area contributed by atoms with Crippen molar-refractivity contribution in [1.82, 2.24) is 9.47 Å². The number of nitrogens with zero attached hydrogens (tertiary/aromatic N) is 2. The van der Waals surface area contributed by atoms with Crippen LogP contribution in [0.25, 0.3) is 0 Å². The van der Waals surface area contributed by atoms with Gasteiger partial charge >= 0.3 is 5.97 Å². The molecule has 0 unspecified atom stereocenters. The van der Waals surface area contributed by atoms with Gasteiger partial charge in [-0.3, -0.25) is 4.79 Å². The predicted molar refractivity (Wildman–Crippen MR) is 66.5 cm³/mol. The Kier molecular flexibility index (Phi) is 3.41. The van der Waals surface area contributed by atoms with Gasteiger partial charge in [0.25, 0.3) is 5.91 Å². The molecule has 0 radical (unpaired) electrons. The van der Waals surface area contributed by atoms with Crippen molar-refractivity contribution in [2.24, 2.45) is 0 Å². The number of aromatic nitrogens is 1. The van der Waals surface area contributed by atoms with Gasteiger partial charge in [0, 0.05) is 18.8 Å². The number of carboxylic acid groups (broad SMARTS) is 1. The highest BCUT2D eigenvalue weighted by Gasteiger charge is 2.35. The molecule has 1 aromatic rings. The molecule has 1 saturated heterocycles. The number of rotatable bonds is 3. The summed E-state index contributed by atoms with van der Waals surface area (Å²) in [5.74, 6) is -1.10. The molecular weight excluding hydrogens is 232 g/mol. The van der Waals surface area contributed by atoms with E-state index in [-0.39, 0.29) is 11.9 Å². The molecular formula is C13H18N2O3. The first-order valence-corrected chi connectivity index (χ1v) is 6.23. The van der Waals surface area contributed by atoms with E-state index in [0.717, 1.165) is 6.42 Å². The van der Waals surface area contributed by atoms with Crippen LogP contribution in [0.5, 0.6) is 0 Å². The number of aliphatic carboxylic acids is 1. The quantitative estimate of drug-likeness (QED) is 0.889. The maximum absolute atomic E-state index is 12.4. The third-order valence-corrected chi connectivity index (χ3v) is 3.35. The van der Waals surface area contributed by atoms with Crippen LogP contribution in [-0.2, 0) is 4.79 Å². The largest absolute Gasteiger partial charge is 0.480 e. The second-order valence-corrected chi connectivity index (χ2v) is 4.89. The monoisotopic (exact) mass is 250 g/mol. The molecule has 0 aliphatic carbocycles. The molecule has 1 N–H and O–H groups in total. The third-order valence-electron chi connectivity index (χ3n) is 3.35. The lowest BCUT2D eigenvalue weighted by Crippen LogP contribution is -2.41. The highest BCUT2D eigenvalue weighted by molar-refractivity contribution is 5.95. The molecule has 1 atom stereocenters. The van der Waals surface area contributed by atoms with Gasteiger partial charge in [-0.15, -0.1) is 0 Å². The van der Waals surface area contributed by atoms with Crippen LogP contribution in [0.3, 0.4) is 0 Å². The smallest absolute Gasteiger partial charge is 0.326 e. The van der Waals surface area contributed by atoms with Crippen LogP contribution in [0.15, 0.2) is 18.3 Å². The third kappa shape index (κ3) is 2.12. The average Bonchev–Trinajstić information content (AvgIpc) is 2.97. The van der Waals surface area contributed by atoms with E-state index >= 15 is 0 Å². The van der Waals surface area contributed by atoms with Gasteiger partial charge in [-0.25, -0.2) is 4.79 Å². The highest BCUT2D eigenvalue weighted by Crippen LogP contribution is 2.21. The molecule has 1 aliphatic rings. The van der Waals surface area contributed by atoms with E-state index in [2.05, 4.69) is 0 Å². The van der Waals surface area contributed by atoms with Crippen LogP contribution >= 0.6 is 0 Å². The number of carboxylic acids is 1. The van der Waals surface area contributed by atoms with Crippen LogP contribution in [0, 0.1) is 0 Å². The average molecular weight is 250 g/mol. The molecule has 1 fully saturated rings. The van der Waals surface area contributed by atoms with E-state index < -0.39 is 12.0 Å². The summed E-state index contributed by atoms with van der Waals surface area (Å²) in [6.07, 6.45) is 3.15. The molecule has 1 aromatic heterocycles. The van der Waals surface area contributed by atoms with Crippen molar-refractivity contribution >= 4 is 11.9 Å². The minimum Gasteiger partial charge on any atom is -0.480 e. The van der Waals surface area contributed by atoms with Crippen LogP contribution in [0.2, 0.25) is 0 Å². The summed E-state index contributed by atoms with van der Waals surface area (Å²) in [5, 5.41) is 9.11. The highest BCUT2D eigenvalue weighted by atomic mass is 16.4. The number of likely N-dealkylation sites (tertiary alicyclic amines) is 1. The normalized spacial score (nSPS) is 19.5. The fraction of sp³-hybridized carbons (Fsp3) is 0.538. The predicted octanol–water partition coefficient (Wildman–Crippen LogP) is 1.76.